The number of ether oxygens (including phenoxy) is 1. The second kappa shape index (κ2) is 6.18. The molecule has 1 aliphatic heterocycles. The Morgan fingerprint density at radius 3 is 3.11 bits per heavy atom. The van der Waals surface area contributed by atoms with Gasteiger partial charge in [0, 0.05) is 19.6 Å². The number of carbonyl (C=O) groups excluding carboxylic acids is 1. The smallest absolute Gasteiger partial charge is 0.237 e. The molecule has 0 aromatic carbocycles. The zero-order valence-electron chi connectivity index (χ0n) is 11.0. The van der Waals surface area contributed by atoms with Gasteiger partial charge in [-0.05, 0) is 19.1 Å². The molecule has 0 bridgehead atoms. The molecule has 19 heavy (non-hydrogen) atoms. The van der Waals surface area contributed by atoms with Gasteiger partial charge in [-0.2, -0.15) is 0 Å². The van der Waals surface area contributed by atoms with Crippen LogP contribution in [-0.2, 0) is 16.1 Å². The predicted octanol–water partition coefficient (Wildman–Crippen LogP) is 0.0253. The number of furan rings is 1. The summed E-state index contributed by atoms with van der Waals surface area (Å²) in [5, 5.41) is 15.9. The van der Waals surface area contributed by atoms with E-state index >= 15 is 0 Å². The highest BCUT2D eigenvalue weighted by atomic mass is 16.5. The summed E-state index contributed by atoms with van der Waals surface area (Å²) < 4.78 is 10.3. The lowest BCUT2D eigenvalue weighted by molar-refractivity contribution is -0.123. The van der Waals surface area contributed by atoms with Crippen LogP contribution in [0.1, 0.15) is 19.1 Å². The Balaban J connectivity index is 1.70. The number of amides is 1. The largest absolute Gasteiger partial charge is 0.467 e. The minimum absolute atomic E-state index is 0.126. The van der Waals surface area contributed by atoms with Crippen molar-refractivity contribution in [3.8, 4) is 0 Å². The van der Waals surface area contributed by atoms with Crippen molar-refractivity contribution in [2.75, 3.05) is 19.8 Å². The first-order valence-electron chi connectivity index (χ1n) is 6.43. The van der Waals surface area contributed by atoms with E-state index in [0.717, 1.165) is 0 Å². The summed E-state index contributed by atoms with van der Waals surface area (Å²) in [4.78, 5) is 11.8. The van der Waals surface area contributed by atoms with Crippen LogP contribution in [0.4, 0.5) is 0 Å². The molecular weight excluding hydrogens is 248 g/mol. The highest BCUT2D eigenvalue weighted by Gasteiger charge is 2.32. The van der Waals surface area contributed by atoms with Crippen molar-refractivity contribution in [3.63, 3.8) is 0 Å². The topological polar surface area (TPSA) is 83.7 Å². The average molecular weight is 268 g/mol. The van der Waals surface area contributed by atoms with Gasteiger partial charge in [0.25, 0.3) is 0 Å². The normalized spacial score (nSPS) is 24.3. The number of rotatable bonds is 6. The molecule has 2 rings (SSSR count). The molecule has 1 aromatic rings. The summed E-state index contributed by atoms with van der Waals surface area (Å²) in [5.74, 6) is 0.585. The molecule has 0 aliphatic carbocycles. The van der Waals surface area contributed by atoms with Crippen LogP contribution < -0.4 is 10.6 Å². The van der Waals surface area contributed by atoms with Crippen molar-refractivity contribution in [1.82, 2.24) is 10.6 Å². The number of aliphatic hydroxyl groups is 1. The third-order valence-corrected chi connectivity index (χ3v) is 3.23. The minimum atomic E-state index is -0.852. The lowest BCUT2D eigenvalue weighted by atomic mass is 10.0. The van der Waals surface area contributed by atoms with Crippen LogP contribution in [0, 0.1) is 0 Å². The van der Waals surface area contributed by atoms with E-state index in [2.05, 4.69) is 10.6 Å². The fourth-order valence-electron chi connectivity index (χ4n) is 1.91. The molecule has 3 N–H and O–H groups in total. The lowest BCUT2D eigenvalue weighted by Gasteiger charge is -2.23. The standard InChI is InChI=1S/C13H20N2O4/c1-10(15-8-13(17)4-6-18-9-13)12(16)14-7-11-3-2-5-19-11/h2-3,5,10,15,17H,4,6-9H2,1H3,(H,14,16). The van der Waals surface area contributed by atoms with E-state index in [4.69, 9.17) is 9.15 Å². The van der Waals surface area contributed by atoms with E-state index in [1.807, 2.05) is 0 Å². The first-order valence-corrected chi connectivity index (χ1v) is 6.43. The average Bonchev–Trinajstić information content (AvgIpc) is 3.05. The molecular formula is C13H20N2O4. The zero-order valence-corrected chi connectivity index (χ0v) is 11.0. The van der Waals surface area contributed by atoms with Crippen molar-refractivity contribution < 1.29 is 19.1 Å². The van der Waals surface area contributed by atoms with Crippen LogP contribution in [0.5, 0.6) is 0 Å². The molecule has 1 fully saturated rings. The second-order valence-electron chi connectivity index (χ2n) is 4.93. The summed E-state index contributed by atoms with van der Waals surface area (Å²) in [6.45, 7) is 3.36. The number of nitrogens with one attached hydrogen (secondary N) is 2. The molecule has 0 saturated carbocycles. The van der Waals surface area contributed by atoms with Gasteiger partial charge in [-0.25, -0.2) is 0 Å². The summed E-state index contributed by atoms with van der Waals surface area (Å²) in [5.41, 5.74) is -0.852. The first-order chi connectivity index (χ1) is 9.09. The molecule has 6 heteroatoms. The second-order valence-corrected chi connectivity index (χ2v) is 4.93. The Hall–Kier alpha value is -1.37. The molecule has 0 spiro atoms. The van der Waals surface area contributed by atoms with Gasteiger partial charge in [0.15, 0.2) is 0 Å². The SMILES string of the molecule is CC(NCC1(O)CCOC1)C(=O)NCc1ccco1. The van der Waals surface area contributed by atoms with Gasteiger partial charge in [0.1, 0.15) is 11.4 Å². The van der Waals surface area contributed by atoms with E-state index < -0.39 is 5.60 Å². The molecule has 1 aromatic heterocycles. The van der Waals surface area contributed by atoms with Crippen LogP contribution >= 0.6 is 0 Å². The Morgan fingerprint density at radius 2 is 2.47 bits per heavy atom. The molecule has 106 valence electrons. The number of hydrogen-bond donors (Lipinski definition) is 3. The summed E-state index contributed by atoms with van der Waals surface area (Å²) in [6, 6.07) is 3.20. The van der Waals surface area contributed by atoms with Crippen molar-refractivity contribution >= 4 is 5.91 Å². The minimum Gasteiger partial charge on any atom is -0.467 e. The van der Waals surface area contributed by atoms with Gasteiger partial charge in [0.2, 0.25) is 5.91 Å². The highest BCUT2D eigenvalue weighted by molar-refractivity contribution is 5.81. The van der Waals surface area contributed by atoms with Gasteiger partial charge in [-0.15, -0.1) is 0 Å². The highest BCUT2D eigenvalue weighted by Crippen LogP contribution is 2.17. The van der Waals surface area contributed by atoms with Gasteiger partial charge in [-0.3, -0.25) is 4.79 Å². The van der Waals surface area contributed by atoms with Crippen molar-refractivity contribution in [2.45, 2.75) is 31.5 Å². The Morgan fingerprint density at radius 1 is 1.63 bits per heavy atom. The maximum absolute atomic E-state index is 11.8. The summed E-state index contributed by atoms with van der Waals surface area (Å²) in [6.07, 6.45) is 2.17. The van der Waals surface area contributed by atoms with Gasteiger partial charge >= 0.3 is 0 Å². The maximum atomic E-state index is 11.8. The van der Waals surface area contributed by atoms with Gasteiger partial charge < -0.3 is 24.9 Å². The van der Waals surface area contributed by atoms with Gasteiger partial charge in [-0.1, -0.05) is 0 Å². The Kier molecular flexibility index (Phi) is 4.57. The third kappa shape index (κ3) is 4.05. The van der Waals surface area contributed by atoms with Crippen LogP contribution in [0.2, 0.25) is 0 Å². The third-order valence-electron chi connectivity index (χ3n) is 3.23. The quantitative estimate of drug-likeness (QED) is 0.677. The van der Waals surface area contributed by atoms with E-state index in [1.54, 1.807) is 25.3 Å². The fraction of sp³-hybridized carbons (Fsp3) is 0.615. The number of hydrogen-bond acceptors (Lipinski definition) is 5. The number of carbonyl (C=O) groups is 1. The van der Waals surface area contributed by atoms with E-state index in [9.17, 15) is 9.90 Å². The predicted molar refractivity (Wildman–Crippen MR) is 68.4 cm³/mol. The van der Waals surface area contributed by atoms with Crippen LogP contribution in [-0.4, -0.2) is 42.4 Å². The Labute approximate surface area is 112 Å². The molecule has 2 heterocycles. The van der Waals surface area contributed by atoms with Crippen molar-refractivity contribution in [2.24, 2.45) is 0 Å². The molecule has 1 saturated heterocycles. The molecule has 6 nitrogen and oxygen atoms in total. The van der Waals surface area contributed by atoms with E-state index in [1.165, 1.54) is 0 Å². The molecule has 2 atom stereocenters. The van der Waals surface area contributed by atoms with E-state index in [-0.39, 0.29) is 11.9 Å². The summed E-state index contributed by atoms with van der Waals surface area (Å²) >= 11 is 0. The van der Waals surface area contributed by atoms with Crippen LogP contribution in [0.15, 0.2) is 22.8 Å². The zero-order chi connectivity index (χ0) is 13.7. The van der Waals surface area contributed by atoms with Gasteiger partial charge in [0.05, 0.1) is 25.5 Å². The van der Waals surface area contributed by atoms with Crippen molar-refractivity contribution in [3.05, 3.63) is 24.2 Å². The maximum Gasteiger partial charge on any atom is 0.237 e. The van der Waals surface area contributed by atoms with Crippen LogP contribution in [0.25, 0.3) is 0 Å². The monoisotopic (exact) mass is 268 g/mol. The molecule has 2 unspecified atom stereocenters. The first kappa shape index (κ1) is 14.0. The molecule has 0 radical (unpaired) electrons. The van der Waals surface area contributed by atoms with E-state index in [0.29, 0.717) is 38.5 Å². The molecule has 1 aliphatic rings. The van der Waals surface area contributed by atoms with Crippen molar-refractivity contribution in [1.29, 1.82) is 0 Å². The lowest BCUT2D eigenvalue weighted by Crippen LogP contribution is -2.49. The summed E-state index contributed by atoms with van der Waals surface area (Å²) in [7, 11) is 0. The van der Waals surface area contributed by atoms with Crippen LogP contribution in [0.3, 0.4) is 0 Å². The fourth-order valence-corrected chi connectivity index (χ4v) is 1.91. The Bertz CT molecular complexity index is 399. The molecule has 1 amide bonds.